The Morgan fingerprint density at radius 3 is 2.83 bits per heavy atom. The molecule has 0 amide bonds. The van der Waals surface area contributed by atoms with Gasteiger partial charge in [0.05, 0.1) is 11.0 Å². The van der Waals surface area contributed by atoms with Crippen molar-refractivity contribution in [2.24, 2.45) is 0 Å². The highest BCUT2D eigenvalue weighted by atomic mass is 79.9. The fourth-order valence-corrected chi connectivity index (χ4v) is 2.19. The Morgan fingerprint density at radius 1 is 1.28 bits per heavy atom. The minimum atomic E-state index is -0.263. The molecule has 1 N–H and O–H groups in total. The molecule has 1 aliphatic carbocycles. The van der Waals surface area contributed by atoms with Gasteiger partial charge in [-0.3, -0.25) is 0 Å². The maximum absolute atomic E-state index is 13.1. The maximum atomic E-state index is 13.1. The second-order valence-electron chi connectivity index (χ2n) is 4.55. The van der Waals surface area contributed by atoms with Crippen LogP contribution in [0.2, 0.25) is 0 Å². The lowest BCUT2D eigenvalue weighted by Crippen LogP contribution is -2.14. The molecule has 0 bridgehead atoms. The van der Waals surface area contributed by atoms with E-state index >= 15 is 0 Å². The Morgan fingerprint density at radius 2 is 2.11 bits per heavy atom. The highest BCUT2D eigenvalue weighted by Gasteiger charge is 2.20. The molecule has 1 aromatic carbocycles. The van der Waals surface area contributed by atoms with Gasteiger partial charge >= 0.3 is 0 Å². The summed E-state index contributed by atoms with van der Waals surface area (Å²) in [7, 11) is 0. The largest absolute Gasteiger partial charge is 0.460 e. The number of hydrogen-bond acceptors (Lipinski definition) is 2. The van der Waals surface area contributed by atoms with Gasteiger partial charge < -0.3 is 9.73 Å². The summed E-state index contributed by atoms with van der Waals surface area (Å²) in [5, 5.41) is 3.40. The van der Waals surface area contributed by atoms with Crippen LogP contribution >= 0.6 is 15.9 Å². The molecule has 1 heterocycles. The van der Waals surface area contributed by atoms with Crippen LogP contribution in [0.1, 0.15) is 18.6 Å². The molecule has 0 aliphatic heterocycles. The highest BCUT2D eigenvalue weighted by molar-refractivity contribution is 9.10. The van der Waals surface area contributed by atoms with Crippen molar-refractivity contribution in [2.75, 3.05) is 0 Å². The minimum Gasteiger partial charge on any atom is -0.460 e. The van der Waals surface area contributed by atoms with Crippen molar-refractivity contribution in [3.8, 4) is 11.3 Å². The molecule has 3 rings (SSSR count). The van der Waals surface area contributed by atoms with Gasteiger partial charge in [-0.05, 0) is 59.1 Å². The van der Waals surface area contributed by atoms with E-state index in [4.69, 9.17) is 4.42 Å². The monoisotopic (exact) mass is 309 g/mol. The van der Waals surface area contributed by atoms with Gasteiger partial charge in [0.25, 0.3) is 0 Å². The fourth-order valence-electron chi connectivity index (χ4n) is 1.81. The van der Waals surface area contributed by atoms with Crippen molar-refractivity contribution in [3.05, 3.63) is 46.4 Å². The van der Waals surface area contributed by atoms with E-state index < -0.39 is 0 Å². The van der Waals surface area contributed by atoms with Crippen LogP contribution in [0.5, 0.6) is 0 Å². The van der Waals surface area contributed by atoms with Gasteiger partial charge in [0.15, 0.2) is 0 Å². The van der Waals surface area contributed by atoms with Gasteiger partial charge in [-0.1, -0.05) is 0 Å². The van der Waals surface area contributed by atoms with Crippen molar-refractivity contribution in [3.63, 3.8) is 0 Å². The lowest BCUT2D eigenvalue weighted by Gasteiger charge is -2.01. The van der Waals surface area contributed by atoms with Gasteiger partial charge in [-0.2, -0.15) is 0 Å². The maximum Gasteiger partial charge on any atom is 0.137 e. The SMILES string of the molecule is Fc1ccc(-c2ccc(CNC3CC3)o2)cc1Br. The molecule has 18 heavy (non-hydrogen) atoms. The number of halogens is 2. The van der Waals surface area contributed by atoms with E-state index in [1.807, 2.05) is 12.1 Å². The quantitative estimate of drug-likeness (QED) is 0.920. The van der Waals surface area contributed by atoms with E-state index in [9.17, 15) is 4.39 Å². The predicted octanol–water partition coefficient (Wildman–Crippen LogP) is 4.10. The highest BCUT2D eigenvalue weighted by Crippen LogP contribution is 2.27. The standard InChI is InChI=1S/C14H13BrFNO/c15-12-7-9(1-5-13(12)16)14-6-4-11(18-14)8-17-10-2-3-10/h1,4-7,10,17H,2-3,8H2. The Kier molecular flexibility index (Phi) is 3.22. The summed E-state index contributed by atoms with van der Waals surface area (Å²) in [4.78, 5) is 0. The predicted molar refractivity (Wildman–Crippen MR) is 71.7 cm³/mol. The zero-order valence-electron chi connectivity index (χ0n) is 9.75. The second kappa shape index (κ2) is 4.86. The topological polar surface area (TPSA) is 25.2 Å². The van der Waals surface area contributed by atoms with E-state index in [2.05, 4.69) is 21.2 Å². The average Bonchev–Trinajstić information content (AvgIpc) is 3.08. The number of furan rings is 1. The van der Waals surface area contributed by atoms with Crippen molar-refractivity contribution < 1.29 is 8.81 Å². The normalized spacial score (nSPS) is 15.0. The van der Waals surface area contributed by atoms with E-state index in [0.29, 0.717) is 10.5 Å². The number of nitrogens with one attached hydrogen (secondary N) is 1. The molecule has 0 atom stereocenters. The molecule has 2 nitrogen and oxygen atoms in total. The molecular formula is C14H13BrFNO. The van der Waals surface area contributed by atoms with Crippen molar-refractivity contribution in [1.82, 2.24) is 5.32 Å². The van der Waals surface area contributed by atoms with Crippen LogP contribution in [0.4, 0.5) is 4.39 Å². The van der Waals surface area contributed by atoms with Crippen LogP contribution in [0.3, 0.4) is 0 Å². The Labute approximate surface area is 113 Å². The molecule has 4 heteroatoms. The average molecular weight is 310 g/mol. The van der Waals surface area contributed by atoms with Crippen LogP contribution in [0.25, 0.3) is 11.3 Å². The lowest BCUT2D eigenvalue weighted by molar-refractivity contribution is 0.492. The Hall–Kier alpha value is -1.13. The van der Waals surface area contributed by atoms with Gasteiger partial charge in [-0.15, -0.1) is 0 Å². The van der Waals surface area contributed by atoms with Crippen LogP contribution < -0.4 is 5.32 Å². The van der Waals surface area contributed by atoms with Crippen molar-refractivity contribution >= 4 is 15.9 Å². The van der Waals surface area contributed by atoms with Crippen molar-refractivity contribution in [1.29, 1.82) is 0 Å². The first kappa shape index (κ1) is 11.9. The smallest absolute Gasteiger partial charge is 0.137 e. The first-order valence-corrected chi connectivity index (χ1v) is 6.79. The number of rotatable bonds is 4. The summed E-state index contributed by atoms with van der Waals surface area (Å²) in [5.41, 5.74) is 0.876. The molecule has 0 spiro atoms. The number of benzene rings is 1. The molecule has 0 saturated heterocycles. The fraction of sp³-hybridized carbons (Fsp3) is 0.286. The third kappa shape index (κ3) is 2.65. The van der Waals surface area contributed by atoms with Crippen LogP contribution in [0, 0.1) is 5.82 Å². The number of hydrogen-bond donors (Lipinski definition) is 1. The third-order valence-corrected chi connectivity index (χ3v) is 3.62. The molecule has 2 aromatic rings. The summed E-state index contributed by atoms with van der Waals surface area (Å²) in [6.07, 6.45) is 2.52. The first-order valence-electron chi connectivity index (χ1n) is 6.00. The molecule has 1 saturated carbocycles. The molecular weight excluding hydrogens is 297 g/mol. The van der Waals surface area contributed by atoms with Gasteiger partial charge in [-0.25, -0.2) is 4.39 Å². The third-order valence-electron chi connectivity index (χ3n) is 3.01. The van der Waals surface area contributed by atoms with E-state index in [-0.39, 0.29) is 5.82 Å². The zero-order valence-corrected chi connectivity index (χ0v) is 11.3. The minimum absolute atomic E-state index is 0.263. The summed E-state index contributed by atoms with van der Waals surface area (Å²) >= 11 is 3.18. The van der Waals surface area contributed by atoms with Gasteiger partial charge in [0, 0.05) is 11.6 Å². The Bertz CT molecular complexity index is 563. The second-order valence-corrected chi connectivity index (χ2v) is 5.40. The molecule has 0 radical (unpaired) electrons. The zero-order chi connectivity index (χ0) is 12.5. The van der Waals surface area contributed by atoms with Gasteiger partial charge in [0.2, 0.25) is 0 Å². The molecule has 0 unspecified atom stereocenters. The van der Waals surface area contributed by atoms with E-state index in [1.54, 1.807) is 12.1 Å². The molecule has 1 fully saturated rings. The summed E-state index contributed by atoms with van der Waals surface area (Å²) < 4.78 is 19.3. The molecule has 1 aliphatic rings. The van der Waals surface area contributed by atoms with Gasteiger partial charge in [0.1, 0.15) is 17.3 Å². The Balaban J connectivity index is 1.76. The summed E-state index contributed by atoms with van der Waals surface area (Å²) in [5.74, 6) is 1.42. The molecule has 94 valence electrons. The van der Waals surface area contributed by atoms with Crippen LogP contribution in [-0.4, -0.2) is 6.04 Å². The van der Waals surface area contributed by atoms with Crippen molar-refractivity contribution in [2.45, 2.75) is 25.4 Å². The van der Waals surface area contributed by atoms with E-state index in [0.717, 1.165) is 23.6 Å². The molecule has 1 aromatic heterocycles. The van der Waals surface area contributed by atoms with Crippen LogP contribution in [-0.2, 0) is 6.54 Å². The summed E-state index contributed by atoms with van der Waals surface area (Å²) in [6, 6.07) is 9.43. The first-order chi connectivity index (χ1) is 8.72. The lowest BCUT2D eigenvalue weighted by atomic mass is 10.2. The van der Waals surface area contributed by atoms with E-state index in [1.165, 1.54) is 18.9 Å². The van der Waals surface area contributed by atoms with Crippen LogP contribution in [0.15, 0.2) is 39.2 Å². The summed E-state index contributed by atoms with van der Waals surface area (Å²) in [6.45, 7) is 0.757.